The highest BCUT2D eigenvalue weighted by molar-refractivity contribution is 7.70. The van der Waals surface area contributed by atoms with Gasteiger partial charge in [0, 0.05) is 28.5 Å². The van der Waals surface area contributed by atoms with Crippen LogP contribution in [0.25, 0.3) is 22.2 Å². The number of para-hydroxylation sites is 1. The number of nitrogens with one attached hydrogen (secondary N) is 2. The van der Waals surface area contributed by atoms with Crippen molar-refractivity contribution < 1.29 is 9.67 Å². The molecule has 8 heteroatoms. The number of nitrogens with zero attached hydrogens (tertiary/aromatic N) is 3. The Labute approximate surface area is 151 Å². The highest BCUT2D eigenvalue weighted by Gasteiger charge is 2.20. The summed E-state index contributed by atoms with van der Waals surface area (Å²) in [5.41, 5.74) is 2.36. The summed E-state index contributed by atoms with van der Waals surface area (Å²) >= 11 is 0. The van der Waals surface area contributed by atoms with Crippen LogP contribution < -0.4 is 10.6 Å². The van der Waals surface area contributed by atoms with Crippen LogP contribution in [0.1, 0.15) is 12.5 Å². The maximum absolute atomic E-state index is 12.6. The number of aliphatic hydroxyl groups excluding tert-OH is 1. The molecule has 0 aliphatic heterocycles. The SMILES string of the molecule is CC(CO)Nc1ncc(C#N)c(-c2c[nH]c3c(P(C)(C)=O)cccc23)n1. The highest BCUT2D eigenvalue weighted by atomic mass is 31.2. The second-order valence-electron chi connectivity index (χ2n) is 6.55. The molecule has 3 rings (SSSR count). The third kappa shape index (κ3) is 3.34. The van der Waals surface area contributed by atoms with Gasteiger partial charge in [-0.25, -0.2) is 9.97 Å². The van der Waals surface area contributed by atoms with Gasteiger partial charge in [0.1, 0.15) is 13.2 Å². The molecule has 2 heterocycles. The number of H-pyrrole nitrogens is 1. The molecule has 0 saturated heterocycles. The van der Waals surface area contributed by atoms with Gasteiger partial charge >= 0.3 is 0 Å². The summed E-state index contributed by atoms with van der Waals surface area (Å²) in [5.74, 6) is 0.336. The van der Waals surface area contributed by atoms with Crippen molar-refractivity contribution in [2.75, 3.05) is 25.3 Å². The third-order valence-corrected chi connectivity index (χ3v) is 5.62. The zero-order valence-corrected chi connectivity index (χ0v) is 15.7. The van der Waals surface area contributed by atoms with E-state index < -0.39 is 7.14 Å². The van der Waals surface area contributed by atoms with Crippen LogP contribution in [0.5, 0.6) is 0 Å². The molecular formula is C18H20N5O2P. The Kier molecular flexibility index (Phi) is 4.82. The van der Waals surface area contributed by atoms with Gasteiger partial charge in [0.15, 0.2) is 0 Å². The minimum absolute atomic E-state index is 0.0581. The molecule has 134 valence electrons. The molecule has 1 atom stereocenters. The largest absolute Gasteiger partial charge is 0.394 e. The van der Waals surface area contributed by atoms with Crippen LogP contribution in [0, 0.1) is 11.3 Å². The van der Waals surface area contributed by atoms with Crippen molar-refractivity contribution >= 4 is 29.3 Å². The lowest BCUT2D eigenvalue weighted by atomic mass is 10.1. The van der Waals surface area contributed by atoms with E-state index in [0.717, 1.165) is 21.8 Å². The number of hydrogen-bond donors (Lipinski definition) is 3. The van der Waals surface area contributed by atoms with E-state index in [1.54, 1.807) is 26.5 Å². The fraction of sp³-hybridized carbons (Fsp3) is 0.278. The first kappa shape index (κ1) is 18.1. The van der Waals surface area contributed by atoms with Crippen LogP contribution >= 0.6 is 7.14 Å². The van der Waals surface area contributed by atoms with Gasteiger partial charge in [-0.2, -0.15) is 5.26 Å². The molecule has 3 N–H and O–H groups in total. The zero-order valence-electron chi connectivity index (χ0n) is 14.8. The standard InChI is InChI=1S/C18H20N5O2P/c1-11(10-24)22-18-21-8-12(7-19)16(23-18)14-9-20-17-13(14)5-4-6-15(17)26(2,3)25/h4-6,8-9,11,20,24H,10H2,1-3H3,(H,21,22,23). The molecule has 0 bridgehead atoms. The van der Waals surface area contributed by atoms with Crippen molar-refractivity contribution in [3.63, 3.8) is 0 Å². The van der Waals surface area contributed by atoms with Crippen LogP contribution in [0.15, 0.2) is 30.6 Å². The molecule has 0 aliphatic rings. The first-order chi connectivity index (χ1) is 12.3. The van der Waals surface area contributed by atoms with E-state index in [0.29, 0.717) is 17.2 Å². The van der Waals surface area contributed by atoms with Gasteiger partial charge in [0.25, 0.3) is 0 Å². The van der Waals surface area contributed by atoms with Crippen molar-refractivity contribution in [1.29, 1.82) is 5.26 Å². The number of aliphatic hydroxyl groups is 1. The molecule has 0 aliphatic carbocycles. The van der Waals surface area contributed by atoms with Crippen LogP contribution in [-0.4, -0.2) is 46.0 Å². The van der Waals surface area contributed by atoms with E-state index >= 15 is 0 Å². The molecule has 1 aromatic carbocycles. The Morgan fingerprint density at radius 2 is 2.19 bits per heavy atom. The van der Waals surface area contributed by atoms with Gasteiger partial charge in [-0.05, 0) is 26.3 Å². The van der Waals surface area contributed by atoms with Crippen LogP contribution in [-0.2, 0) is 4.57 Å². The number of aromatic nitrogens is 3. The minimum atomic E-state index is -2.46. The second-order valence-corrected chi connectivity index (χ2v) is 9.73. The predicted octanol–water partition coefficient (Wildman–Crippen LogP) is 2.54. The number of benzene rings is 1. The molecule has 0 fully saturated rings. The number of hydrogen-bond acceptors (Lipinski definition) is 6. The van der Waals surface area contributed by atoms with Gasteiger partial charge < -0.3 is 20.0 Å². The summed E-state index contributed by atoms with van der Waals surface area (Å²) in [6.45, 7) is 5.20. The van der Waals surface area contributed by atoms with Crippen molar-refractivity contribution in [2.24, 2.45) is 0 Å². The summed E-state index contributed by atoms with van der Waals surface area (Å²) in [4.78, 5) is 11.8. The average molecular weight is 369 g/mol. The first-order valence-electron chi connectivity index (χ1n) is 8.15. The summed E-state index contributed by atoms with van der Waals surface area (Å²) in [6, 6.07) is 7.52. The normalized spacial score (nSPS) is 12.7. The minimum Gasteiger partial charge on any atom is -0.394 e. The van der Waals surface area contributed by atoms with Crippen molar-refractivity contribution in [3.8, 4) is 17.3 Å². The number of nitriles is 1. The molecule has 3 aromatic rings. The Balaban J connectivity index is 2.19. The maximum Gasteiger partial charge on any atom is 0.223 e. The van der Waals surface area contributed by atoms with E-state index in [4.69, 9.17) is 0 Å². The Hall–Kier alpha value is -2.68. The topological polar surface area (TPSA) is 115 Å². The average Bonchev–Trinajstić information content (AvgIpc) is 3.04. The lowest BCUT2D eigenvalue weighted by Crippen LogP contribution is -2.21. The Morgan fingerprint density at radius 1 is 1.42 bits per heavy atom. The summed E-state index contributed by atoms with van der Waals surface area (Å²) in [7, 11) is -2.46. The van der Waals surface area contributed by atoms with Gasteiger partial charge in [0.2, 0.25) is 5.95 Å². The molecule has 7 nitrogen and oxygen atoms in total. The van der Waals surface area contributed by atoms with E-state index in [1.165, 1.54) is 6.20 Å². The smallest absolute Gasteiger partial charge is 0.223 e. The van der Waals surface area contributed by atoms with E-state index in [2.05, 4.69) is 26.3 Å². The molecule has 0 amide bonds. The summed E-state index contributed by atoms with van der Waals surface area (Å²) in [6.07, 6.45) is 3.23. The summed E-state index contributed by atoms with van der Waals surface area (Å²) in [5, 5.41) is 23.3. The number of fused-ring (bicyclic) bond motifs is 1. The predicted molar refractivity (Wildman–Crippen MR) is 103 cm³/mol. The van der Waals surface area contributed by atoms with Crippen LogP contribution in [0.3, 0.4) is 0 Å². The fourth-order valence-electron chi connectivity index (χ4n) is 2.79. The van der Waals surface area contributed by atoms with Gasteiger partial charge in [-0.15, -0.1) is 0 Å². The maximum atomic E-state index is 12.6. The molecule has 0 radical (unpaired) electrons. The molecule has 26 heavy (non-hydrogen) atoms. The molecular weight excluding hydrogens is 349 g/mol. The van der Waals surface area contributed by atoms with Crippen molar-refractivity contribution in [3.05, 3.63) is 36.2 Å². The lowest BCUT2D eigenvalue weighted by molar-refractivity contribution is 0.281. The molecule has 0 spiro atoms. The van der Waals surface area contributed by atoms with Crippen molar-refractivity contribution in [2.45, 2.75) is 13.0 Å². The van der Waals surface area contributed by atoms with Crippen LogP contribution in [0.4, 0.5) is 5.95 Å². The van der Waals surface area contributed by atoms with E-state index in [1.807, 2.05) is 18.2 Å². The van der Waals surface area contributed by atoms with Crippen LogP contribution in [0.2, 0.25) is 0 Å². The zero-order chi connectivity index (χ0) is 18.9. The fourth-order valence-corrected chi connectivity index (χ4v) is 3.96. The monoisotopic (exact) mass is 369 g/mol. The summed E-state index contributed by atoms with van der Waals surface area (Å²) < 4.78 is 12.6. The quantitative estimate of drug-likeness (QED) is 0.596. The molecule has 2 aromatic heterocycles. The Morgan fingerprint density at radius 3 is 2.85 bits per heavy atom. The highest BCUT2D eigenvalue weighted by Crippen LogP contribution is 2.39. The van der Waals surface area contributed by atoms with Gasteiger partial charge in [-0.1, -0.05) is 12.1 Å². The number of aromatic amines is 1. The molecule has 0 saturated carbocycles. The van der Waals surface area contributed by atoms with Gasteiger partial charge in [0.05, 0.1) is 29.6 Å². The number of anilines is 1. The van der Waals surface area contributed by atoms with E-state index in [9.17, 15) is 14.9 Å². The molecule has 1 unspecified atom stereocenters. The van der Waals surface area contributed by atoms with E-state index in [-0.39, 0.29) is 12.6 Å². The second kappa shape index (κ2) is 6.91. The first-order valence-corrected chi connectivity index (χ1v) is 10.8. The number of rotatable bonds is 5. The van der Waals surface area contributed by atoms with Crippen molar-refractivity contribution in [1.82, 2.24) is 15.0 Å². The van der Waals surface area contributed by atoms with Gasteiger partial charge in [-0.3, -0.25) is 0 Å². The third-order valence-electron chi connectivity index (χ3n) is 4.09. The Bertz CT molecular complexity index is 1050. The lowest BCUT2D eigenvalue weighted by Gasteiger charge is -2.12.